The van der Waals surface area contributed by atoms with Crippen LogP contribution < -0.4 is 4.74 Å². The molecule has 8 heteroatoms. The van der Waals surface area contributed by atoms with Gasteiger partial charge in [-0.15, -0.1) is 0 Å². The quantitative estimate of drug-likeness (QED) is 0.717. The summed E-state index contributed by atoms with van der Waals surface area (Å²) < 4.78 is 5.53. The molecule has 1 fully saturated rings. The molecule has 0 bridgehead atoms. The zero-order valence-corrected chi connectivity index (χ0v) is 15.6. The van der Waals surface area contributed by atoms with Crippen molar-refractivity contribution >= 4 is 52.2 Å². The summed E-state index contributed by atoms with van der Waals surface area (Å²) in [5.41, 5.74) is 0.616. The molecular formula is C18H13Cl2NO4S. The number of imide groups is 1. The number of thioether (sulfide) groups is 1. The van der Waals surface area contributed by atoms with Crippen LogP contribution in [0.3, 0.4) is 0 Å². The molecule has 1 aliphatic rings. The summed E-state index contributed by atoms with van der Waals surface area (Å²) in [6, 6.07) is 11.5. The first kappa shape index (κ1) is 18.6. The van der Waals surface area contributed by atoms with Gasteiger partial charge in [-0.25, -0.2) is 0 Å². The number of phenols is 1. The molecule has 5 nitrogen and oxygen atoms in total. The van der Waals surface area contributed by atoms with Crippen molar-refractivity contribution in [1.29, 1.82) is 0 Å². The second kappa shape index (κ2) is 8.03. The number of halogens is 2. The molecule has 2 amide bonds. The van der Waals surface area contributed by atoms with Crippen molar-refractivity contribution in [1.82, 2.24) is 4.90 Å². The molecule has 26 heavy (non-hydrogen) atoms. The van der Waals surface area contributed by atoms with Gasteiger partial charge in [0.25, 0.3) is 11.1 Å². The first-order valence-corrected chi connectivity index (χ1v) is 9.14. The maximum absolute atomic E-state index is 12.4. The largest absolute Gasteiger partial charge is 0.506 e. The highest BCUT2D eigenvalue weighted by atomic mass is 35.5. The van der Waals surface area contributed by atoms with Gasteiger partial charge in [0.2, 0.25) is 0 Å². The van der Waals surface area contributed by atoms with E-state index in [1.807, 2.05) is 0 Å². The fourth-order valence-electron chi connectivity index (χ4n) is 2.27. The Kier molecular flexibility index (Phi) is 5.76. The highest BCUT2D eigenvalue weighted by molar-refractivity contribution is 8.18. The van der Waals surface area contributed by atoms with E-state index >= 15 is 0 Å². The summed E-state index contributed by atoms with van der Waals surface area (Å²) in [5, 5.41) is 9.71. The highest BCUT2D eigenvalue weighted by Gasteiger charge is 2.34. The molecule has 1 heterocycles. The minimum atomic E-state index is -0.396. The van der Waals surface area contributed by atoms with Gasteiger partial charge in [-0.05, 0) is 47.7 Å². The number of aromatic hydroxyl groups is 1. The second-order valence-electron chi connectivity index (χ2n) is 5.32. The number of para-hydroxylation sites is 1. The van der Waals surface area contributed by atoms with E-state index in [0.29, 0.717) is 16.3 Å². The SMILES string of the molecule is O=C1S/C(=C\c2ccc(O)c(Cl)c2)C(=O)N1CCOc1ccccc1Cl. The second-order valence-corrected chi connectivity index (χ2v) is 7.13. The summed E-state index contributed by atoms with van der Waals surface area (Å²) in [5.74, 6) is 0.0519. The van der Waals surface area contributed by atoms with Crippen molar-refractivity contribution < 1.29 is 19.4 Å². The van der Waals surface area contributed by atoms with E-state index in [1.54, 1.807) is 36.4 Å². The van der Waals surface area contributed by atoms with Gasteiger partial charge in [-0.2, -0.15) is 0 Å². The topological polar surface area (TPSA) is 66.8 Å². The van der Waals surface area contributed by atoms with Gasteiger partial charge in [0.05, 0.1) is 21.5 Å². The van der Waals surface area contributed by atoms with Crippen LogP contribution >= 0.6 is 35.0 Å². The normalized spacial score (nSPS) is 15.8. The van der Waals surface area contributed by atoms with Crippen LogP contribution in [0.25, 0.3) is 6.08 Å². The predicted molar refractivity (Wildman–Crippen MR) is 103 cm³/mol. The standard InChI is InChI=1S/C18H13Cl2NO4S/c19-12-3-1-2-4-15(12)25-8-7-21-17(23)16(26-18(21)24)10-11-5-6-14(22)13(20)9-11/h1-6,9-10,22H,7-8H2/b16-10-. The van der Waals surface area contributed by atoms with Crippen molar-refractivity contribution in [3.63, 3.8) is 0 Å². The number of hydrogen-bond donors (Lipinski definition) is 1. The number of amides is 2. The number of carbonyl (C=O) groups is 2. The van der Waals surface area contributed by atoms with Crippen LogP contribution in [0.1, 0.15) is 5.56 Å². The maximum atomic E-state index is 12.4. The van der Waals surface area contributed by atoms with Crippen LogP contribution in [0.5, 0.6) is 11.5 Å². The van der Waals surface area contributed by atoms with E-state index in [1.165, 1.54) is 12.1 Å². The fourth-order valence-corrected chi connectivity index (χ4v) is 3.51. The van der Waals surface area contributed by atoms with Crippen molar-refractivity contribution in [2.45, 2.75) is 0 Å². The molecule has 0 aliphatic carbocycles. The van der Waals surface area contributed by atoms with Crippen LogP contribution in [0.15, 0.2) is 47.4 Å². The number of nitrogens with zero attached hydrogens (tertiary/aromatic N) is 1. The molecule has 1 saturated heterocycles. The van der Waals surface area contributed by atoms with Gasteiger partial charge < -0.3 is 9.84 Å². The van der Waals surface area contributed by atoms with E-state index in [4.69, 9.17) is 27.9 Å². The number of ether oxygens (including phenoxy) is 1. The minimum absolute atomic E-state index is 0.0476. The zero-order chi connectivity index (χ0) is 18.7. The molecular weight excluding hydrogens is 397 g/mol. The average molecular weight is 410 g/mol. The lowest BCUT2D eigenvalue weighted by molar-refractivity contribution is -0.123. The first-order chi connectivity index (χ1) is 12.5. The molecule has 0 radical (unpaired) electrons. The van der Waals surface area contributed by atoms with E-state index in [2.05, 4.69) is 0 Å². The van der Waals surface area contributed by atoms with E-state index < -0.39 is 5.91 Å². The molecule has 0 aromatic heterocycles. The highest BCUT2D eigenvalue weighted by Crippen LogP contribution is 2.33. The van der Waals surface area contributed by atoms with Gasteiger partial charge in [0.1, 0.15) is 18.1 Å². The Morgan fingerprint density at radius 2 is 1.88 bits per heavy atom. The fraction of sp³-hybridized carbons (Fsp3) is 0.111. The summed E-state index contributed by atoms with van der Waals surface area (Å²) in [7, 11) is 0. The molecule has 0 spiro atoms. The van der Waals surface area contributed by atoms with Crippen molar-refractivity contribution in [2.24, 2.45) is 0 Å². The summed E-state index contributed by atoms with van der Waals surface area (Å²) in [4.78, 5) is 25.9. The number of rotatable bonds is 5. The molecule has 2 aromatic carbocycles. The number of phenolic OH excluding ortho intramolecular Hbond substituents is 1. The number of benzene rings is 2. The molecule has 0 saturated carbocycles. The molecule has 0 atom stereocenters. The minimum Gasteiger partial charge on any atom is -0.506 e. The molecule has 3 rings (SSSR count). The third-order valence-corrected chi connectivity index (χ3v) is 5.07. The molecule has 1 aliphatic heterocycles. The number of hydrogen-bond acceptors (Lipinski definition) is 5. The van der Waals surface area contributed by atoms with Crippen LogP contribution in [-0.2, 0) is 4.79 Å². The predicted octanol–water partition coefficient (Wildman–Crippen LogP) is 4.81. The Morgan fingerprint density at radius 3 is 2.62 bits per heavy atom. The van der Waals surface area contributed by atoms with Gasteiger partial charge >= 0.3 is 0 Å². The van der Waals surface area contributed by atoms with Crippen LogP contribution in [0.4, 0.5) is 4.79 Å². The van der Waals surface area contributed by atoms with Crippen molar-refractivity contribution in [3.05, 3.63) is 63.0 Å². The van der Waals surface area contributed by atoms with Crippen LogP contribution in [0.2, 0.25) is 10.0 Å². The summed E-state index contributed by atoms with van der Waals surface area (Å²) in [6.07, 6.45) is 1.56. The Hall–Kier alpha value is -2.15. The van der Waals surface area contributed by atoms with Crippen molar-refractivity contribution in [3.8, 4) is 11.5 Å². The smallest absolute Gasteiger partial charge is 0.293 e. The maximum Gasteiger partial charge on any atom is 0.293 e. The lowest BCUT2D eigenvalue weighted by atomic mass is 10.2. The lowest BCUT2D eigenvalue weighted by Crippen LogP contribution is -2.32. The van der Waals surface area contributed by atoms with Crippen LogP contribution in [-0.4, -0.2) is 34.3 Å². The van der Waals surface area contributed by atoms with Gasteiger partial charge in [0.15, 0.2) is 0 Å². The van der Waals surface area contributed by atoms with Gasteiger partial charge in [-0.1, -0.05) is 41.4 Å². The first-order valence-electron chi connectivity index (χ1n) is 7.57. The molecule has 1 N–H and O–H groups in total. The molecule has 2 aromatic rings. The Morgan fingerprint density at radius 1 is 1.12 bits per heavy atom. The molecule has 134 valence electrons. The van der Waals surface area contributed by atoms with E-state index in [-0.39, 0.29) is 34.1 Å². The lowest BCUT2D eigenvalue weighted by Gasteiger charge is -2.13. The van der Waals surface area contributed by atoms with E-state index in [0.717, 1.165) is 16.7 Å². The Balaban J connectivity index is 1.66. The third kappa shape index (κ3) is 4.15. The third-order valence-electron chi connectivity index (χ3n) is 3.55. The Labute approximate surface area is 164 Å². The number of carbonyl (C=O) groups excluding carboxylic acids is 2. The Bertz CT molecular complexity index is 901. The van der Waals surface area contributed by atoms with Crippen LogP contribution in [0, 0.1) is 0 Å². The zero-order valence-electron chi connectivity index (χ0n) is 13.3. The van der Waals surface area contributed by atoms with Gasteiger partial charge in [-0.3, -0.25) is 14.5 Å². The van der Waals surface area contributed by atoms with Gasteiger partial charge in [0, 0.05) is 0 Å². The summed E-state index contributed by atoms with van der Waals surface area (Å²) in [6.45, 7) is 0.254. The monoisotopic (exact) mass is 409 g/mol. The van der Waals surface area contributed by atoms with E-state index in [9.17, 15) is 14.7 Å². The average Bonchev–Trinajstić information content (AvgIpc) is 2.87. The van der Waals surface area contributed by atoms with Crippen molar-refractivity contribution in [2.75, 3.05) is 13.2 Å². The summed E-state index contributed by atoms with van der Waals surface area (Å²) >= 11 is 12.7. The molecule has 0 unspecified atom stereocenters.